The van der Waals surface area contributed by atoms with E-state index in [1.807, 2.05) is 0 Å². The first-order chi connectivity index (χ1) is 18.6. The quantitative estimate of drug-likeness (QED) is 0.0741. The topological polar surface area (TPSA) is 165 Å². The number of unbranched alkanes of at least 4 members (excludes halogenated alkanes) is 3. The minimum Gasteiger partial charge on any atom is -0.465 e. The summed E-state index contributed by atoms with van der Waals surface area (Å²) in [6.45, 7) is 12.0. The molecule has 0 spiro atoms. The highest BCUT2D eigenvalue weighted by atomic mass is 16.7. The van der Waals surface area contributed by atoms with Crippen LogP contribution in [0, 0.1) is 16.2 Å². The predicted molar refractivity (Wildman–Crippen MR) is 142 cm³/mol. The third-order valence-corrected chi connectivity index (χ3v) is 6.92. The normalized spacial score (nSPS) is 21.0. The number of carbonyl (C=O) groups excluding carboxylic acids is 3. The van der Waals surface area contributed by atoms with E-state index in [0.29, 0.717) is 13.0 Å². The van der Waals surface area contributed by atoms with Gasteiger partial charge in [-0.1, -0.05) is 18.0 Å². The molecule has 0 aromatic carbocycles. The van der Waals surface area contributed by atoms with Crippen LogP contribution in [-0.2, 0) is 47.5 Å². The first-order valence-corrected chi connectivity index (χ1v) is 13.6. The average Bonchev–Trinajstić information content (AvgIpc) is 2.91. The SMILES string of the molecule is CC1(C)OCC(C)(C(=O)OCC(C)(COC(=O)C2(C)COC(C)(C)OC2)C(=O)OCCCCCCN=[N+]=[N-])CO1. The number of nitrogens with zero attached hydrogens (tertiary/aromatic N) is 3. The molecule has 0 aliphatic carbocycles. The van der Waals surface area contributed by atoms with Crippen molar-refractivity contribution in [1.82, 2.24) is 0 Å². The maximum absolute atomic E-state index is 13.2. The molecular formula is C27H45N3O10. The third-order valence-electron chi connectivity index (χ3n) is 6.92. The van der Waals surface area contributed by atoms with Crippen molar-refractivity contribution in [2.75, 3.05) is 52.8 Å². The second-order valence-corrected chi connectivity index (χ2v) is 12.3. The standard InChI is InChI=1S/C27H45N3O10/c1-23(2)37-16-26(6,17-38-23)21(32)35-14-25(5,20(31)34-13-11-9-8-10-12-29-30-28)15-36-22(33)27(7)18-39-24(3,4)40-19-27/h8-19H2,1-7H3. The van der Waals surface area contributed by atoms with Crippen LogP contribution in [0.25, 0.3) is 10.4 Å². The lowest BCUT2D eigenvalue weighted by Gasteiger charge is -2.40. The highest BCUT2D eigenvalue weighted by Gasteiger charge is 2.47. The van der Waals surface area contributed by atoms with Gasteiger partial charge in [0.2, 0.25) is 0 Å². The fourth-order valence-electron chi connectivity index (χ4n) is 3.71. The Kier molecular flexibility index (Phi) is 11.8. The van der Waals surface area contributed by atoms with E-state index in [1.54, 1.807) is 41.5 Å². The van der Waals surface area contributed by atoms with E-state index in [2.05, 4.69) is 10.0 Å². The first-order valence-electron chi connectivity index (χ1n) is 13.6. The summed E-state index contributed by atoms with van der Waals surface area (Å²) in [7, 11) is 0. The zero-order chi connectivity index (χ0) is 30.1. The van der Waals surface area contributed by atoms with Crippen molar-refractivity contribution in [2.24, 2.45) is 21.4 Å². The maximum atomic E-state index is 13.2. The van der Waals surface area contributed by atoms with Gasteiger partial charge < -0.3 is 33.2 Å². The molecule has 13 heteroatoms. The lowest BCUT2D eigenvalue weighted by atomic mass is 9.89. The predicted octanol–water partition coefficient (Wildman–Crippen LogP) is 4.07. The average molecular weight is 572 g/mol. The van der Waals surface area contributed by atoms with Gasteiger partial charge in [0, 0.05) is 11.5 Å². The van der Waals surface area contributed by atoms with Crippen molar-refractivity contribution < 1.29 is 47.5 Å². The van der Waals surface area contributed by atoms with Crippen molar-refractivity contribution in [2.45, 2.75) is 85.7 Å². The van der Waals surface area contributed by atoms with Gasteiger partial charge in [0.05, 0.1) is 33.0 Å². The maximum Gasteiger partial charge on any atom is 0.318 e. The summed E-state index contributed by atoms with van der Waals surface area (Å²) in [4.78, 5) is 41.9. The van der Waals surface area contributed by atoms with Crippen LogP contribution in [0.4, 0.5) is 0 Å². The molecule has 2 fully saturated rings. The van der Waals surface area contributed by atoms with Gasteiger partial charge in [-0.05, 0) is 66.8 Å². The molecule has 13 nitrogen and oxygen atoms in total. The van der Waals surface area contributed by atoms with Crippen molar-refractivity contribution >= 4 is 17.9 Å². The van der Waals surface area contributed by atoms with Gasteiger partial charge >= 0.3 is 17.9 Å². The lowest BCUT2D eigenvalue weighted by molar-refractivity contribution is -0.282. The van der Waals surface area contributed by atoms with Crippen molar-refractivity contribution in [3.8, 4) is 0 Å². The number of hydrogen-bond acceptors (Lipinski definition) is 11. The summed E-state index contributed by atoms with van der Waals surface area (Å²) in [5, 5.41) is 3.49. The van der Waals surface area contributed by atoms with Crippen LogP contribution < -0.4 is 0 Å². The van der Waals surface area contributed by atoms with E-state index in [1.165, 1.54) is 6.92 Å². The second-order valence-electron chi connectivity index (χ2n) is 12.3. The van der Waals surface area contributed by atoms with Crippen LogP contribution in [-0.4, -0.2) is 82.3 Å². The summed E-state index contributed by atoms with van der Waals surface area (Å²) >= 11 is 0. The van der Waals surface area contributed by atoms with E-state index in [0.717, 1.165) is 19.3 Å². The fraction of sp³-hybridized carbons (Fsp3) is 0.889. The minimum atomic E-state index is -1.47. The molecule has 0 aromatic heterocycles. The lowest BCUT2D eigenvalue weighted by Crippen LogP contribution is -2.51. The van der Waals surface area contributed by atoms with Crippen LogP contribution in [0.5, 0.6) is 0 Å². The largest absolute Gasteiger partial charge is 0.465 e. The number of carbonyl (C=O) groups is 3. The molecular weight excluding hydrogens is 526 g/mol. The Balaban J connectivity index is 2.00. The Morgan fingerprint density at radius 1 is 0.750 bits per heavy atom. The molecule has 2 aliphatic heterocycles. The molecule has 0 N–H and O–H groups in total. The summed E-state index contributed by atoms with van der Waals surface area (Å²) in [5.41, 5.74) is 4.73. The highest BCUT2D eigenvalue weighted by molar-refractivity contribution is 5.81. The molecule has 2 rings (SSSR count). The molecule has 2 aliphatic rings. The molecule has 0 unspecified atom stereocenters. The van der Waals surface area contributed by atoms with E-state index < -0.39 is 45.7 Å². The van der Waals surface area contributed by atoms with Gasteiger partial charge in [-0.15, -0.1) is 0 Å². The Labute approximate surface area is 236 Å². The zero-order valence-electron chi connectivity index (χ0n) is 24.9. The van der Waals surface area contributed by atoms with Crippen molar-refractivity contribution in [1.29, 1.82) is 0 Å². The van der Waals surface area contributed by atoms with Gasteiger partial charge in [-0.2, -0.15) is 0 Å². The number of ether oxygens (including phenoxy) is 7. The van der Waals surface area contributed by atoms with Gasteiger partial charge in [0.1, 0.15) is 29.5 Å². The summed E-state index contributed by atoms with van der Waals surface area (Å²) in [5.74, 6) is -3.49. The molecule has 40 heavy (non-hydrogen) atoms. The molecule has 2 heterocycles. The van der Waals surface area contributed by atoms with Crippen molar-refractivity contribution in [3.63, 3.8) is 0 Å². The van der Waals surface area contributed by atoms with E-state index in [-0.39, 0.29) is 46.2 Å². The summed E-state index contributed by atoms with van der Waals surface area (Å²) in [6, 6.07) is 0. The molecule has 0 saturated carbocycles. The Hall–Kier alpha value is -2.44. The second kappa shape index (κ2) is 14.0. The molecule has 0 amide bonds. The minimum absolute atomic E-state index is 0.0867. The van der Waals surface area contributed by atoms with Gasteiger partial charge in [-0.25, -0.2) is 0 Å². The highest BCUT2D eigenvalue weighted by Crippen LogP contribution is 2.33. The van der Waals surface area contributed by atoms with Crippen molar-refractivity contribution in [3.05, 3.63) is 10.4 Å². The van der Waals surface area contributed by atoms with Crippen LogP contribution in [0.3, 0.4) is 0 Å². The van der Waals surface area contributed by atoms with Gasteiger partial charge in [0.15, 0.2) is 11.6 Å². The van der Waals surface area contributed by atoms with Crippen LogP contribution in [0.15, 0.2) is 5.11 Å². The number of esters is 3. The van der Waals surface area contributed by atoms with E-state index in [9.17, 15) is 14.4 Å². The first kappa shape index (κ1) is 33.8. The van der Waals surface area contributed by atoms with E-state index >= 15 is 0 Å². The number of hydrogen-bond donors (Lipinski definition) is 0. The Bertz CT molecular complexity index is 875. The zero-order valence-corrected chi connectivity index (χ0v) is 24.9. The fourth-order valence-corrected chi connectivity index (χ4v) is 3.71. The van der Waals surface area contributed by atoms with Crippen LogP contribution in [0.1, 0.15) is 74.1 Å². The monoisotopic (exact) mass is 571 g/mol. The van der Waals surface area contributed by atoms with Gasteiger partial charge in [-0.3, -0.25) is 14.4 Å². The van der Waals surface area contributed by atoms with Crippen LogP contribution >= 0.6 is 0 Å². The molecule has 0 aromatic rings. The number of rotatable bonds is 14. The summed E-state index contributed by atoms with van der Waals surface area (Å²) < 4.78 is 39.2. The number of azide groups is 1. The van der Waals surface area contributed by atoms with Crippen LogP contribution in [0.2, 0.25) is 0 Å². The molecule has 0 radical (unpaired) electrons. The molecule has 2 saturated heterocycles. The molecule has 0 atom stereocenters. The Morgan fingerprint density at radius 3 is 1.60 bits per heavy atom. The van der Waals surface area contributed by atoms with E-state index in [4.69, 9.17) is 38.7 Å². The van der Waals surface area contributed by atoms with Gasteiger partial charge in [0.25, 0.3) is 0 Å². The third kappa shape index (κ3) is 9.88. The molecule has 0 bridgehead atoms. The smallest absolute Gasteiger partial charge is 0.318 e. The summed E-state index contributed by atoms with van der Waals surface area (Å²) in [6.07, 6.45) is 2.94. The molecule has 228 valence electrons. The Morgan fingerprint density at radius 2 is 1.18 bits per heavy atom.